The van der Waals surface area contributed by atoms with Gasteiger partial charge >= 0.3 is 0 Å². The molecule has 2 aromatic rings. The van der Waals surface area contributed by atoms with Gasteiger partial charge in [-0.1, -0.05) is 41.4 Å². The standard InChI is InChI=1S/C14H13Cl2N3O/c1-9(17-10-5-3-2-4-6-10)14(20)18-11-7-8-12(15)19-13(11)16/h2-9,17H,1H3,(H,18,20). The van der Waals surface area contributed by atoms with E-state index in [9.17, 15) is 4.79 Å². The molecule has 0 bridgehead atoms. The molecule has 6 heteroatoms. The number of aromatic nitrogens is 1. The smallest absolute Gasteiger partial charge is 0.246 e. The van der Waals surface area contributed by atoms with E-state index in [2.05, 4.69) is 15.6 Å². The number of carbonyl (C=O) groups excluding carboxylic acids is 1. The average molecular weight is 310 g/mol. The van der Waals surface area contributed by atoms with Crippen molar-refractivity contribution >= 4 is 40.5 Å². The third kappa shape index (κ3) is 3.85. The Bertz CT molecular complexity index is 605. The van der Waals surface area contributed by atoms with Crippen molar-refractivity contribution in [3.8, 4) is 0 Å². The number of anilines is 2. The maximum atomic E-state index is 12.1. The molecular formula is C14H13Cl2N3O. The topological polar surface area (TPSA) is 54.0 Å². The van der Waals surface area contributed by atoms with Crippen LogP contribution in [0, 0.1) is 0 Å². The summed E-state index contributed by atoms with van der Waals surface area (Å²) in [6.45, 7) is 1.76. The van der Waals surface area contributed by atoms with Crippen LogP contribution in [0.5, 0.6) is 0 Å². The van der Waals surface area contributed by atoms with E-state index in [1.54, 1.807) is 19.1 Å². The molecule has 1 atom stereocenters. The lowest BCUT2D eigenvalue weighted by Gasteiger charge is -2.15. The number of pyridine rings is 1. The van der Waals surface area contributed by atoms with Crippen molar-refractivity contribution in [1.82, 2.24) is 4.98 Å². The first-order valence-corrected chi connectivity index (χ1v) is 6.76. The van der Waals surface area contributed by atoms with Gasteiger partial charge < -0.3 is 10.6 Å². The maximum Gasteiger partial charge on any atom is 0.246 e. The summed E-state index contributed by atoms with van der Waals surface area (Å²) in [7, 11) is 0. The van der Waals surface area contributed by atoms with Crippen molar-refractivity contribution in [3.63, 3.8) is 0 Å². The fraction of sp³-hybridized carbons (Fsp3) is 0.143. The first-order valence-electron chi connectivity index (χ1n) is 6.01. The van der Waals surface area contributed by atoms with E-state index in [-0.39, 0.29) is 16.2 Å². The molecule has 0 saturated heterocycles. The fourth-order valence-corrected chi connectivity index (χ4v) is 1.99. The molecule has 2 N–H and O–H groups in total. The lowest BCUT2D eigenvalue weighted by atomic mass is 10.2. The zero-order valence-electron chi connectivity index (χ0n) is 10.7. The van der Waals surface area contributed by atoms with Gasteiger partial charge in [0.1, 0.15) is 11.2 Å². The van der Waals surface area contributed by atoms with Crippen LogP contribution >= 0.6 is 23.2 Å². The predicted molar refractivity (Wildman–Crippen MR) is 82.4 cm³/mol. The van der Waals surface area contributed by atoms with E-state index in [1.165, 1.54) is 0 Å². The first kappa shape index (κ1) is 14.6. The largest absolute Gasteiger partial charge is 0.374 e. The number of para-hydroxylation sites is 1. The van der Waals surface area contributed by atoms with Crippen molar-refractivity contribution < 1.29 is 4.79 Å². The Hall–Kier alpha value is -1.78. The monoisotopic (exact) mass is 309 g/mol. The summed E-state index contributed by atoms with van der Waals surface area (Å²) in [4.78, 5) is 15.9. The molecule has 1 aromatic heterocycles. The normalized spacial score (nSPS) is 11.8. The quantitative estimate of drug-likeness (QED) is 0.844. The molecule has 1 amide bonds. The third-order valence-corrected chi connectivity index (χ3v) is 3.12. The second kappa shape index (κ2) is 6.59. The van der Waals surface area contributed by atoms with Gasteiger partial charge in [0.05, 0.1) is 5.69 Å². The summed E-state index contributed by atoms with van der Waals surface area (Å²) in [5.74, 6) is -0.208. The number of nitrogens with one attached hydrogen (secondary N) is 2. The fourth-order valence-electron chi connectivity index (χ4n) is 1.60. The van der Waals surface area contributed by atoms with Gasteiger partial charge in [-0.2, -0.15) is 0 Å². The third-order valence-electron chi connectivity index (χ3n) is 2.62. The van der Waals surface area contributed by atoms with Crippen LogP contribution in [0.1, 0.15) is 6.92 Å². The number of hydrogen-bond donors (Lipinski definition) is 2. The Labute approximate surface area is 127 Å². The van der Waals surface area contributed by atoms with E-state index in [0.717, 1.165) is 5.69 Å². The van der Waals surface area contributed by atoms with Crippen molar-refractivity contribution in [3.05, 3.63) is 52.8 Å². The van der Waals surface area contributed by atoms with Crippen LogP contribution in [0.3, 0.4) is 0 Å². The number of amides is 1. The van der Waals surface area contributed by atoms with Crippen LogP contribution in [0.2, 0.25) is 10.3 Å². The number of nitrogens with zero attached hydrogens (tertiary/aromatic N) is 1. The average Bonchev–Trinajstić information content (AvgIpc) is 2.43. The molecule has 1 unspecified atom stereocenters. The lowest BCUT2D eigenvalue weighted by Crippen LogP contribution is -2.32. The van der Waals surface area contributed by atoms with Gasteiger partial charge in [0.25, 0.3) is 0 Å². The van der Waals surface area contributed by atoms with E-state index in [1.807, 2.05) is 30.3 Å². The van der Waals surface area contributed by atoms with Crippen LogP contribution in [0.15, 0.2) is 42.5 Å². The van der Waals surface area contributed by atoms with Gasteiger partial charge in [-0.3, -0.25) is 4.79 Å². The summed E-state index contributed by atoms with van der Waals surface area (Å²) < 4.78 is 0. The Morgan fingerprint density at radius 3 is 2.50 bits per heavy atom. The molecule has 1 heterocycles. The molecule has 0 aliphatic rings. The Kier molecular flexibility index (Phi) is 4.82. The molecule has 4 nitrogen and oxygen atoms in total. The van der Waals surface area contributed by atoms with Gasteiger partial charge in [0.2, 0.25) is 5.91 Å². The molecule has 1 aromatic carbocycles. The number of hydrogen-bond acceptors (Lipinski definition) is 3. The summed E-state index contributed by atoms with van der Waals surface area (Å²) in [6.07, 6.45) is 0. The van der Waals surface area contributed by atoms with Gasteiger partial charge in [-0.25, -0.2) is 4.98 Å². The SMILES string of the molecule is CC(Nc1ccccc1)C(=O)Nc1ccc(Cl)nc1Cl. The highest BCUT2D eigenvalue weighted by Crippen LogP contribution is 2.21. The zero-order valence-corrected chi connectivity index (χ0v) is 12.2. The maximum absolute atomic E-state index is 12.1. The summed E-state index contributed by atoms with van der Waals surface area (Å²) in [5.41, 5.74) is 1.30. The summed E-state index contributed by atoms with van der Waals surface area (Å²) in [6, 6.07) is 12.3. The highest BCUT2D eigenvalue weighted by Gasteiger charge is 2.14. The molecule has 0 fully saturated rings. The molecule has 0 radical (unpaired) electrons. The zero-order chi connectivity index (χ0) is 14.5. The number of carbonyl (C=O) groups is 1. The van der Waals surface area contributed by atoms with Gasteiger partial charge in [0, 0.05) is 5.69 Å². The van der Waals surface area contributed by atoms with E-state index >= 15 is 0 Å². The van der Waals surface area contributed by atoms with Crippen LogP contribution in [0.4, 0.5) is 11.4 Å². The van der Waals surface area contributed by atoms with Crippen molar-refractivity contribution in [2.45, 2.75) is 13.0 Å². The molecule has 0 saturated carbocycles. The summed E-state index contributed by atoms with van der Waals surface area (Å²) in [5, 5.41) is 6.24. The molecule has 0 spiro atoms. The van der Waals surface area contributed by atoms with Gasteiger partial charge in [-0.05, 0) is 31.2 Å². The van der Waals surface area contributed by atoms with Crippen molar-refractivity contribution in [2.24, 2.45) is 0 Å². The van der Waals surface area contributed by atoms with Crippen LogP contribution in [0.25, 0.3) is 0 Å². The van der Waals surface area contributed by atoms with Crippen molar-refractivity contribution in [2.75, 3.05) is 10.6 Å². The van der Waals surface area contributed by atoms with Crippen LogP contribution in [-0.2, 0) is 4.79 Å². The minimum absolute atomic E-state index is 0.165. The highest BCUT2D eigenvalue weighted by molar-refractivity contribution is 6.34. The molecule has 0 aliphatic heterocycles. The summed E-state index contributed by atoms with van der Waals surface area (Å²) >= 11 is 11.6. The number of halogens is 2. The Morgan fingerprint density at radius 1 is 1.15 bits per heavy atom. The second-order valence-electron chi connectivity index (χ2n) is 4.19. The van der Waals surface area contributed by atoms with Gasteiger partial charge in [-0.15, -0.1) is 0 Å². The van der Waals surface area contributed by atoms with Crippen molar-refractivity contribution in [1.29, 1.82) is 0 Å². The molecular weight excluding hydrogens is 297 g/mol. The molecule has 0 aliphatic carbocycles. The molecule has 2 rings (SSSR count). The Balaban J connectivity index is 2.01. The first-order chi connectivity index (χ1) is 9.56. The second-order valence-corrected chi connectivity index (χ2v) is 4.94. The minimum atomic E-state index is -0.413. The lowest BCUT2D eigenvalue weighted by molar-refractivity contribution is -0.116. The van der Waals surface area contributed by atoms with E-state index < -0.39 is 6.04 Å². The number of rotatable bonds is 4. The number of benzene rings is 1. The highest BCUT2D eigenvalue weighted by atomic mass is 35.5. The minimum Gasteiger partial charge on any atom is -0.374 e. The van der Waals surface area contributed by atoms with Crippen LogP contribution < -0.4 is 10.6 Å². The van der Waals surface area contributed by atoms with E-state index in [4.69, 9.17) is 23.2 Å². The molecule has 20 heavy (non-hydrogen) atoms. The van der Waals surface area contributed by atoms with E-state index in [0.29, 0.717) is 5.69 Å². The van der Waals surface area contributed by atoms with Crippen LogP contribution in [-0.4, -0.2) is 16.9 Å². The Morgan fingerprint density at radius 2 is 1.85 bits per heavy atom. The molecule has 104 valence electrons. The van der Waals surface area contributed by atoms with Gasteiger partial charge in [0.15, 0.2) is 5.15 Å². The predicted octanol–water partition coefficient (Wildman–Crippen LogP) is 3.83.